The molecular formula is C15H18ClFN6O. The number of aromatic nitrogens is 3. The van der Waals surface area contributed by atoms with Crippen molar-refractivity contribution in [2.45, 2.75) is 19.6 Å². The minimum absolute atomic E-state index is 0.171. The fraction of sp³-hybridized carbons (Fsp3) is 0.400. The Morgan fingerprint density at radius 1 is 1.42 bits per heavy atom. The molecule has 0 radical (unpaired) electrons. The molecule has 3 rings (SSSR count). The van der Waals surface area contributed by atoms with Crippen molar-refractivity contribution in [2.24, 2.45) is 0 Å². The van der Waals surface area contributed by atoms with Crippen LogP contribution in [-0.4, -0.2) is 46.3 Å². The summed E-state index contributed by atoms with van der Waals surface area (Å²) in [5.41, 5.74) is 1.72. The summed E-state index contributed by atoms with van der Waals surface area (Å²) in [6.45, 7) is 2.08. The van der Waals surface area contributed by atoms with Crippen molar-refractivity contribution in [3.05, 3.63) is 40.6 Å². The van der Waals surface area contributed by atoms with Gasteiger partial charge in [0.1, 0.15) is 0 Å². The summed E-state index contributed by atoms with van der Waals surface area (Å²) in [5.74, 6) is -0.150. The van der Waals surface area contributed by atoms with Crippen molar-refractivity contribution in [2.75, 3.05) is 25.5 Å². The number of urea groups is 1. The Morgan fingerprint density at radius 3 is 2.92 bits per heavy atom. The minimum Gasteiger partial charge on any atom is -0.346 e. The van der Waals surface area contributed by atoms with Crippen LogP contribution in [0, 0.1) is 5.82 Å². The molecule has 0 saturated heterocycles. The number of hydrogen-bond donors (Lipinski definition) is 1. The molecule has 0 aliphatic carbocycles. The van der Waals surface area contributed by atoms with Crippen molar-refractivity contribution >= 4 is 23.4 Å². The van der Waals surface area contributed by atoms with Crippen LogP contribution in [0.4, 0.5) is 15.0 Å². The molecule has 1 N–H and O–H groups in total. The van der Waals surface area contributed by atoms with Crippen molar-refractivity contribution in [1.29, 1.82) is 0 Å². The SMILES string of the molecule is CN(C)C(=O)NCc1cc2n(n1)CCN(c1ncc(Cl)cc1F)C2. The van der Waals surface area contributed by atoms with Gasteiger partial charge in [-0.25, -0.2) is 14.2 Å². The molecule has 7 nitrogen and oxygen atoms in total. The largest absolute Gasteiger partial charge is 0.346 e. The van der Waals surface area contributed by atoms with Crippen LogP contribution in [0.3, 0.4) is 0 Å². The quantitative estimate of drug-likeness (QED) is 0.915. The van der Waals surface area contributed by atoms with E-state index in [0.717, 1.165) is 11.4 Å². The third-order valence-electron chi connectivity index (χ3n) is 3.76. The predicted octanol–water partition coefficient (Wildman–Crippen LogP) is 1.86. The number of carbonyl (C=O) groups excluding carboxylic acids is 1. The summed E-state index contributed by atoms with van der Waals surface area (Å²) in [7, 11) is 3.36. The average molecular weight is 353 g/mol. The van der Waals surface area contributed by atoms with Crippen LogP contribution in [0.2, 0.25) is 5.02 Å². The number of amides is 2. The standard InChI is InChI=1S/C15H18ClFN6O/c1-21(2)15(24)19-8-11-6-12-9-22(3-4-23(12)20-11)14-13(17)5-10(16)7-18-14/h5-7H,3-4,8-9H2,1-2H3,(H,19,24). The van der Waals surface area contributed by atoms with Gasteiger partial charge in [0.15, 0.2) is 11.6 Å². The lowest BCUT2D eigenvalue weighted by molar-refractivity contribution is 0.217. The van der Waals surface area contributed by atoms with Crippen LogP contribution in [0.25, 0.3) is 0 Å². The molecule has 3 heterocycles. The second-order valence-electron chi connectivity index (χ2n) is 5.78. The molecule has 0 fully saturated rings. The highest BCUT2D eigenvalue weighted by molar-refractivity contribution is 6.30. The number of anilines is 1. The molecule has 0 atom stereocenters. The number of carbonyl (C=O) groups is 1. The molecule has 0 aromatic carbocycles. The Hall–Kier alpha value is -2.35. The molecule has 2 aromatic rings. The van der Waals surface area contributed by atoms with Gasteiger partial charge < -0.3 is 15.1 Å². The second kappa shape index (κ2) is 6.64. The summed E-state index contributed by atoms with van der Waals surface area (Å²) < 4.78 is 15.9. The average Bonchev–Trinajstić information content (AvgIpc) is 2.94. The lowest BCUT2D eigenvalue weighted by atomic mass is 10.2. The second-order valence-corrected chi connectivity index (χ2v) is 6.22. The van der Waals surface area contributed by atoms with E-state index in [2.05, 4.69) is 15.4 Å². The van der Waals surface area contributed by atoms with Crippen molar-refractivity contribution in [3.8, 4) is 0 Å². The van der Waals surface area contributed by atoms with E-state index in [1.807, 2.05) is 15.6 Å². The van der Waals surface area contributed by atoms with E-state index in [0.29, 0.717) is 26.2 Å². The van der Waals surface area contributed by atoms with E-state index < -0.39 is 5.82 Å². The molecule has 0 spiro atoms. The number of nitrogens with zero attached hydrogens (tertiary/aromatic N) is 5. The molecule has 128 valence electrons. The van der Waals surface area contributed by atoms with Crippen LogP contribution in [0.5, 0.6) is 0 Å². The first-order chi connectivity index (χ1) is 11.4. The molecule has 0 unspecified atom stereocenters. The number of rotatable bonds is 3. The zero-order valence-electron chi connectivity index (χ0n) is 13.5. The molecular weight excluding hydrogens is 335 g/mol. The van der Waals surface area contributed by atoms with E-state index in [-0.39, 0.29) is 16.9 Å². The van der Waals surface area contributed by atoms with Crippen molar-refractivity contribution in [1.82, 2.24) is 25.0 Å². The lowest BCUT2D eigenvalue weighted by Gasteiger charge is -2.28. The highest BCUT2D eigenvalue weighted by atomic mass is 35.5. The minimum atomic E-state index is -0.436. The first-order valence-corrected chi connectivity index (χ1v) is 7.88. The summed E-state index contributed by atoms with van der Waals surface area (Å²) >= 11 is 5.75. The summed E-state index contributed by atoms with van der Waals surface area (Å²) in [4.78, 5) is 19.0. The van der Waals surface area contributed by atoms with Gasteiger partial charge in [-0.1, -0.05) is 11.6 Å². The van der Waals surface area contributed by atoms with Gasteiger partial charge in [-0.3, -0.25) is 4.68 Å². The van der Waals surface area contributed by atoms with Crippen LogP contribution < -0.4 is 10.2 Å². The smallest absolute Gasteiger partial charge is 0.317 e. The van der Waals surface area contributed by atoms with E-state index in [4.69, 9.17) is 11.6 Å². The molecule has 2 amide bonds. The fourth-order valence-corrected chi connectivity index (χ4v) is 2.70. The van der Waals surface area contributed by atoms with Crippen LogP contribution in [-0.2, 0) is 19.6 Å². The van der Waals surface area contributed by atoms with Crippen molar-refractivity contribution < 1.29 is 9.18 Å². The molecule has 1 aliphatic rings. The summed E-state index contributed by atoms with van der Waals surface area (Å²) in [6, 6.07) is 3.00. The van der Waals surface area contributed by atoms with E-state index >= 15 is 0 Å². The monoisotopic (exact) mass is 352 g/mol. The maximum atomic E-state index is 14.0. The van der Waals surface area contributed by atoms with Gasteiger partial charge in [0.05, 0.1) is 36.0 Å². The highest BCUT2D eigenvalue weighted by Crippen LogP contribution is 2.24. The predicted molar refractivity (Wildman–Crippen MR) is 88.4 cm³/mol. The van der Waals surface area contributed by atoms with Gasteiger partial charge in [0, 0.05) is 26.8 Å². The van der Waals surface area contributed by atoms with Gasteiger partial charge >= 0.3 is 6.03 Å². The van der Waals surface area contributed by atoms with Crippen molar-refractivity contribution in [3.63, 3.8) is 0 Å². The first-order valence-electron chi connectivity index (χ1n) is 7.51. The Bertz CT molecular complexity index is 762. The number of halogens is 2. The van der Waals surface area contributed by atoms with Gasteiger partial charge in [0.25, 0.3) is 0 Å². The zero-order chi connectivity index (χ0) is 17.3. The summed E-state index contributed by atoms with van der Waals surface area (Å²) in [6.07, 6.45) is 1.44. The summed E-state index contributed by atoms with van der Waals surface area (Å²) in [5, 5.41) is 7.52. The molecule has 2 aromatic heterocycles. The topological polar surface area (TPSA) is 66.3 Å². The zero-order valence-corrected chi connectivity index (χ0v) is 14.2. The third kappa shape index (κ3) is 3.43. The lowest BCUT2D eigenvalue weighted by Crippen LogP contribution is -2.35. The van der Waals surface area contributed by atoms with E-state index in [1.54, 1.807) is 14.1 Å². The maximum Gasteiger partial charge on any atom is 0.317 e. The molecule has 9 heteroatoms. The number of pyridine rings is 1. The van der Waals surface area contributed by atoms with Crippen LogP contribution >= 0.6 is 11.6 Å². The van der Waals surface area contributed by atoms with Crippen LogP contribution in [0.1, 0.15) is 11.4 Å². The van der Waals surface area contributed by atoms with Gasteiger partial charge in [-0.15, -0.1) is 0 Å². The Balaban J connectivity index is 1.71. The molecule has 0 saturated carbocycles. The fourth-order valence-electron chi connectivity index (χ4n) is 2.56. The van der Waals surface area contributed by atoms with Gasteiger partial charge in [-0.2, -0.15) is 5.10 Å². The van der Waals surface area contributed by atoms with E-state index in [1.165, 1.54) is 17.2 Å². The van der Waals surface area contributed by atoms with Gasteiger partial charge in [0.2, 0.25) is 0 Å². The Morgan fingerprint density at radius 2 is 2.21 bits per heavy atom. The Kier molecular flexibility index (Phi) is 4.57. The van der Waals surface area contributed by atoms with Crippen LogP contribution in [0.15, 0.2) is 18.3 Å². The third-order valence-corrected chi connectivity index (χ3v) is 3.97. The van der Waals surface area contributed by atoms with Gasteiger partial charge in [-0.05, 0) is 12.1 Å². The highest BCUT2D eigenvalue weighted by Gasteiger charge is 2.22. The number of hydrogen-bond acceptors (Lipinski definition) is 4. The Labute approximate surface area is 144 Å². The first kappa shape index (κ1) is 16.5. The number of fused-ring (bicyclic) bond motifs is 1. The molecule has 24 heavy (non-hydrogen) atoms. The normalized spacial score (nSPS) is 13.6. The van der Waals surface area contributed by atoms with E-state index in [9.17, 15) is 9.18 Å². The molecule has 1 aliphatic heterocycles. The maximum absolute atomic E-state index is 14.0. The number of nitrogens with one attached hydrogen (secondary N) is 1. The molecule has 0 bridgehead atoms.